The number of hydrogen-bond donors (Lipinski definition) is 2. The molecule has 0 spiro atoms. The molecule has 34 heavy (non-hydrogen) atoms. The number of rotatable bonds is 6. The summed E-state index contributed by atoms with van der Waals surface area (Å²) in [5.41, 5.74) is 16.2. The molecule has 0 fully saturated rings. The van der Waals surface area contributed by atoms with Crippen molar-refractivity contribution < 1.29 is 9.59 Å². The van der Waals surface area contributed by atoms with Crippen molar-refractivity contribution in [1.82, 2.24) is 9.97 Å². The molecular weight excluding hydrogens is 426 g/mol. The highest BCUT2D eigenvalue weighted by Gasteiger charge is 2.24. The largest absolute Gasteiger partial charge is 0.397 e. The smallest absolute Gasteiger partial charge is 0.250 e. The Bertz CT molecular complexity index is 1390. The van der Waals surface area contributed by atoms with Gasteiger partial charge in [-0.2, -0.15) is 0 Å². The van der Waals surface area contributed by atoms with Crippen molar-refractivity contribution in [3.05, 3.63) is 83.8 Å². The van der Waals surface area contributed by atoms with E-state index in [-0.39, 0.29) is 18.4 Å². The maximum atomic E-state index is 13.5. The molecule has 4 N–H and O–H groups in total. The number of fused-ring (bicyclic) bond motifs is 1. The van der Waals surface area contributed by atoms with E-state index in [0.29, 0.717) is 28.2 Å². The molecule has 7 nitrogen and oxygen atoms in total. The van der Waals surface area contributed by atoms with Crippen LogP contribution in [-0.4, -0.2) is 27.8 Å². The van der Waals surface area contributed by atoms with E-state index in [1.807, 2.05) is 51.1 Å². The van der Waals surface area contributed by atoms with Crippen molar-refractivity contribution in [1.29, 1.82) is 0 Å². The number of nitrogen functional groups attached to an aromatic ring is 1. The third-order valence-electron chi connectivity index (χ3n) is 5.96. The van der Waals surface area contributed by atoms with E-state index in [9.17, 15) is 9.59 Å². The molecule has 2 amide bonds. The Balaban J connectivity index is 1.73. The van der Waals surface area contributed by atoms with Gasteiger partial charge in [-0.1, -0.05) is 30.3 Å². The summed E-state index contributed by atoms with van der Waals surface area (Å²) in [6.45, 7) is 5.75. The highest BCUT2D eigenvalue weighted by atomic mass is 16.2. The molecule has 4 rings (SSSR count). The molecule has 0 atom stereocenters. The zero-order valence-corrected chi connectivity index (χ0v) is 19.4. The van der Waals surface area contributed by atoms with E-state index in [0.717, 1.165) is 21.9 Å². The van der Waals surface area contributed by atoms with Crippen LogP contribution in [0.3, 0.4) is 0 Å². The van der Waals surface area contributed by atoms with E-state index in [2.05, 4.69) is 9.97 Å². The van der Waals surface area contributed by atoms with Crippen LogP contribution >= 0.6 is 0 Å². The third kappa shape index (κ3) is 4.20. The van der Waals surface area contributed by atoms with Gasteiger partial charge in [0, 0.05) is 35.6 Å². The lowest BCUT2D eigenvalue weighted by Crippen LogP contribution is -2.38. The molecule has 4 aromatic rings. The Morgan fingerprint density at radius 3 is 2.53 bits per heavy atom. The van der Waals surface area contributed by atoms with Gasteiger partial charge in [-0.05, 0) is 55.5 Å². The number of nitrogens with two attached hydrogens (primary N) is 2. The fourth-order valence-corrected chi connectivity index (χ4v) is 4.27. The van der Waals surface area contributed by atoms with Crippen LogP contribution in [0.2, 0.25) is 0 Å². The summed E-state index contributed by atoms with van der Waals surface area (Å²) in [6, 6.07) is 14.7. The average Bonchev–Trinajstić information content (AvgIpc) is 2.82. The monoisotopic (exact) mass is 453 g/mol. The van der Waals surface area contributed by atoms with Crippen LogP contribution in [0.1, 0.15) is 35.3 Å². The molecule has 0 radical (unpaired) electrons. The number of amides is 2. The van der Waals surface area contributed by atoms with Gasteiger partial charge in [-0.15, -0.1) is 0 Å². The highest BCUT2D eigenvalue weighted by molar-refractivity contribution is 6.03. The summed E-state index contributed by atoms with van der Waals surface area (Å²) in [4.78, 5) is 35.8. The number of hydrogen-bond acceptors (Lipinski definition) is 5. The molecule has 2 aromatic heterocycles. The third-order valence-corrected chi connectivity index (χ3v) is 5.96. The topological polar surface area (TPSA) is 115 Å². The van der Waals surface area contributed by atoms with Crippen molar-refractivity contribution in [2.24, 2.45) is 5.73 Å². The normalized spacial score (nSPS) is 11.1. The van der Waals surface area contributed by atoms with Crippen LogP contribution in [0.5, 0.6) is 0 Å². The van der Waals surface area contributed by atoms with Gasteiger partial charge in [0.25, 0.3) is 5.91 Å². The van der Waals surface area contributed by atoms with E-state index in [4.69, 9.17) is 11.5 Å². The summed E-state index contributed by atoms with van der Waals surface area (Å²) in [5, 5.41) is 1.99. The zero-order chi connectivity index (χ0) is 24.4. The lowest BCUT2D eigenvalue weighted by molar-refractivity contribution is -0.118. The minimum Gasteiger partial charge on any atom is -0.397 e. The number of anilines is 2. The van der Waals surface area contributed by atoms with Crippen molar-refractivity contribution in [3.8, 4) is 11.3 Å². The van der Waals surface area contributed by atoms with Crippen LogP contribution in [0, 0.1) is 6.92 Å². The Morgan fingerprint density at radius 2 is 1.79 bits per heavy atom. The summed E-state index contributed by atoms with van der Waals surface area (Å²) in [7, 11) is 0. The van der Waals surface area contributed by atoms with Gasteiger partial charge in [-0.25, -0.2) is 0 Å². The van der Waals surface area contributed by atoms with Crippen molar-refractivity contribution in [3.63, 3.8) is 0 Å². The maximum absolute atomic E-state index is 13.5. The molecule has 2 aromatic carbocycles. The molecule has 0 saturated heterocycles. The van der Waals surface area contributed by atoms with Crippen molar-refractivity contribution in [2.75, 3.05) is 10.6 Å². The van der Waals surface area contributed by atoms with Gasteiger partial charge >= 0.3 is 0 Å². The van der Waals surface area contributed by atoms with Gasteiger partial charge in [0.1, 0.15) is 0 Å². The first-order chi connectivity index (χ1) is 16.3. The Kier molecular flexibility index (Phi) is 6.27. The quantitative estimate of drug-likeness (QED) is 0.423. The van der Waals surface area contributed by atoms with E-state index < -0.39 is 5.91 Å². The summed E-state index contributed by atoms with van der Waals surface area (Å²) < 4.78 is 0. The standard InChI is InChI=1S/C27H27N5O2/c1-16(2)32(24(33)13-19-15-30-14-18-7-4-5-8-21(18)19)23-11-10-20(17(3)25(23)28)26-22(27(29)34)9-6-12-31-26/h4-12,14-16H,13,28H2,1-3H3,(H2,29,34). The summed E-state index contributed by atoms with van der Waals surface area (Å²) in [5.74, 6) is -0.643. The van der Waals surface area contributed by atoms with Crippen LogP contribution in [0.15, 0.2) is 67.1 Å². The second-order valence-electron chi connectivity index (χ2n) is 8.49. The van der Waals surface area contributed by atoms with Crippen LogP contribution in [0.4, 0.5) is 11.4 Å². The molecule has 172 valence electrons. The first-order valence-corrected chi connectivity index (χ1v) is 11.1. The summed E-state index contributed by atoms with van der Waals surface area (Å²) in [6.07, 6.45) is 5.33. The zero-order valence-electron chi connectivity index (χ0n) is 19.4. The number of carbonyl (C=O) groups is 2. The van der Waals surface area contributed by atoms with Crippen LogP contribution < -0.4 is 16.4 Å². The Hall–Kier alpha value is -4.26. The van der Waals surface area contributed by atoms with Crippen LogP contribution in [0.25, 0.3) is 22.0 Å². The molecule has 0 aliphatic heterocycles. The summed E-state index contributed by atoms with van der Waals surface area (Å²) >= 11 is 0. The lowest BCUT2D eigenvalue weighted by atomic mass is 9.97. The van der Waals surface area contributed by atoms with E-state index >= 15 is 0 Å². The number of aromatic nitrogens is 2. The van der Waals surface area contributed by atoms with Gasteiger partial charge < -0.3 is 16.4 Å². The Morgan fingerprint density at radius 1 is 1.03 bits per heavy atom. The molecule has 2 heterocycles. The molecule has 7 heteroatoms. The number of primary amides is 1. The second kappa shape index (κ2) is 9.31. The first-order valence-electron chi connectivity index (χ1n) is 11.1. The van der Waals surface area contributed by atoms with Gasteiger partial charge in [0.2, 0.25) is 5.91 Å². The fraction of sp³-hybridized carbons (Fsp3) is 0.185. The van der Waals surface area contributed by atoms with Crippen LogP contribution in [-0.2, 0) is 11.2 Å². The van der Waals surface area contributed by atoms with Gasteiger partial charge in [0.05, 0.1) is 29.1 Å². The fourth-order valence-electron chi connectivity index (χ4n) is 4.27. The van der Waals surface area contributed by atoms with Gasteiger partial charge in [-0.3, -0.25) is 19.6 Å². The maximum Gasteiger partial charge on any atom is 0.250 e. The highest BCUT2D eigenvalue weighted by Crippen LogP contribution is 2.36. The SMILES string of the molecule is Cc1c(-c2ncccc2C(N)=O)ccc(N(C(=O)Cc2cncc3ccccc23)C(C)C)c1N. The van der Waals surface area contributed by atoms with Gasteiger partial charge in [0.15, 0.2) is 0 Å². The second-order valence-corrected chi connectivity index (χ2v) is 8.49. The number of carbonyl (C=O) groups excluding carboxylic acids is 2. The number of nitrogens with zero attached hydrogens (tertiary/aromatic N) is 3. The van der Waals surface area contributed by atoms with Crippen molar-refractivity contribution in [2.45, 2.75) is 33.2 Å². The lowest BCUT2D eigenvalue weighted by Gasteiger charge is -2.29. The van der Waals surface area contributed by atoms with Crippen molar-refractivity contribution >= 4 is 34.0 Å². The number of benzene rings is 2. The Labute approximate surface area is 198 Å². The molecule has 0 saturated carbocycles. The molecule has 0 aliphatic carbocycles. The van der Waals surface area contributed by atoms with E-state index in [1.165, 1.54) is 0 Å². The number of pyridine rings is 2. The molecule has 0 bridgehead atoms. The average molecular weight is 454 g/mol. The molecule has 0 aliphatic rings. The predicted octanol–water partition coefficient (Wildman–Crippen LogP) is 4.27. The molecule has 0 unspecified atom stereocenters. The van der Waals surface area contributed by atoms with E-state index in [1.54, 1.807) is 41.7 Å². The first kappa shape index (κ1) is 22.9. The minimum absolute atomic E-state index is 0.0809. The minimum atomic E-state index is -0.562. The predicted molar refractivity (Wildman–Crippen MR) is 135 cm³/mol. The molecular formula is C27H27N5O2.